The second-order valence-corrected chi connectivity index (χ2v) is 4.85. The second kappa shape index (κ2) is 6.74. The van der Waals surface area contributed by atoms with E-state index in [1.165, 1.54) is 0 Å². The molecule has 1 atom stereocenters. The Bertz CT molecular complexity index is 570. The maximum atomic E-state index is 6.28. The van der Waals surface area contributed by atoms with Gasteiger partial charge in [-0.05, 0) is 12.5 Å². The van der Waals surface area contributed by atoms with Crippen LogP contribution in [0.4, 0.5) is 0 Å². The summed E-state index contributed by atoms with van der Waals surface area (Å²) in [5.74, 6) is 6.51. The molecule has 1 aromatic heterocycles. The van der Waals surface area contributed by atoms with Crippen molar-refractivity contribution in [3.05, 3.63) is 46.7 Å². The van der Waals surface area contributed by atoms with Crippen LogP contribution in [0.5, 0.6) is 5.75 Å². The predicted octanol–water partition coefficient (Wildman–Crippen LogP) is 2.51. The van der Waals surface area contributed by atoms with E-state index >= 15 is 0 Å². The normalized spacial score (nSPS) is 12.4. The number of hydrogen-bond donors (Lipinski definition) is 2. The minimum atomic E-state index is -0.271. The Kier molecular flexibility index (Phi) is 5.00. The number of rotatable bonds is 6. The van der Waals surface area contributed by atoms with Crippen molar-refractivity contribution in [2.75, 3.05) is 7.11 Å². The molecule has 3 N–H and O–H groups in total. The van der Waals surface area contributed by atoms with Gasteiger partial charge in [-0.2, -0.15) is 5.10 Å². The molecule has 2 aromatic rings. The summed E-state index contributed by atoms with van der Waals surface area (Å²) in [5, 5.41) is 4.89. The highest BCUT2D eigenvalue weighted by Gasteiger charge is 2.23. The quantitative estimate of drug-likeness (QED) is 0.635. The van der Waals surface area contributed by atoms with Gasteiger partial charge < -0.3 is 4.74 Å². The predicted molar refractivity (Wildman–Crippen MR) is 79.7 cm³/mol. The number of ether oxygens (including phenoxy) is 1. The molecular formula is C14H19ClN4O. The van der Waals surface area contributed by atoms with Gasteiger partial charge in [0, 0.05) is 12.1 Å². The number of benzene rings is 1. The number of methoxy groups -OCH3 is 1. The Hall–Kier alpha value is -1.56. The second-order valence-electron chi connectivity index (χ2n) is 4.44. The molecule has 108 valence electrons. The summed E-state index contributed by atoms with van der Waals surface area (Å²) in [6.45, 7) is 2.88. The maximum absolute atomic E-state index is 6.28. The molecule has 0 aliphatic heterocycles. The first-order valence-corrected chi connectivity index (χ1v) is 6.91. The van der Waals surface area contributed by atoms with Crippen molar-refractivity contribution in [2.45, 2.75) is 25.9 Å². The van der Waals surface area contributed by atoms with Crippen LogP contribution in [0.1, 0.15) is 30.6 Å². The summed E-state index contributed by atoms with van der Waals surface area (Å²) < 4.78 is 7.27. The monoisotopic (exact) mass is 294 g/mol. The lowest BCUT2D eigenvalue weighted by atomic mass is 10.0. The Balaban J connectivity index is 2.49. The lowest BCUT2D eigenvalue weighted by Gasteiger charge is -2.20. The Morgan fingerprint density at radius 2 is 2.20 bits per heavy atom. The SMILES string of the molecule is CCCn1ncc(Cl)c1C(NN)c1ccccc1OC. The molecular weight excluding hydrogens is 276 g/mol. The molecule has 6 heteroatoms. The minimum Gasteiger partial charge on any atom is -0.496 e. The number of halogens is 1. The van der Waals surface area contributed by atoms with Crippen molar-refractivity contribution in [1.82, 2.24) is 15.2 Å². The van der Waals surface area contributed by atoms with Crippen LogP contribution in [0, 0.1) is 0 Å². The summed E-state index contributed by atoms with van der Waals surface area (Å²) in [6, 6.07) is 7.45. The fourth-order valence-corrected chi connectivity index (χ4v) is 2.52. The van der Waals surface area contributed by atoms with Crippen molar-refractivity contribution in [3.8, 4) is 5.75 Å². The lowest BCUT2D eigenvalue weighted by Crippen LogP contribution is -2.31. The van der Waals surface area contributed by atoms with Crippen molar-refractivity contribution in [2.24, 2.45) is 5.84 Å². The summed E-state index contributed by atoms with van der Waals surface area (Å²) in [4.78, 5) is 0. The average Bonchev–Trinajstić information content (AvgIpc) is 2.83. The van der Waals surface area contributed by atoms with E-state index in [9.17, 15) is 0 Å². The highest BCUT2D eigenvalue weighted by molar-refractivity contribution is 6.31. The Morgan fingerprint density at radius 3 is 2.85 bits per heavy atom. The van der Waals surface area contributed by atoms with Gasteiger partial charge in [0.25, 0.3) is 0 Å². The zero-order valence-corrected chi connectivity index (χ0v) is 12.4. The third kappa shape index (κ3) is 2.80. The number of hydrazine groups is 1. The lowest BCUT2D eigenvalue weighted by molar-refractivity contribution is 0.401. The van der Waals surface area contributed by atoms with E-state index in [4.69, 9.17) is 22.2 Å². The van der Waals surface area contributed by atoms with E-state index in [2.05, 4.69) is 17.4 Å². The molecule has 1 unspecified atom stereocenters. The summed E-state index contributed by atoms with van der Waals surface area (Å²) in [7, 11) is 1.64. The molecule has 0 aliphatic rings. The van der Waals surface area contributed by atoms with Gasteiger partial charge in [0.05, 0.1) is 30.1 Å². The van der Waals surface area contributed by atoms with Crippen LogP contribution in [0.3, 0.4) is 0 Å². The Labute approximate surface area is 123 Å². The molecule has 2 rings (SSSR count). The molecule has 0 saturated carbocycles. The highest BCUT2D eigenvalue weighted by Crippen LogP contribution is 2.32. The standard InChI is InChI=1S/C14H19ClN4O/c1-3-8-19-14(11(15)9-17-19)13(18-16)10-6-4-5-7-12(10)20-2/h4-7,9,13,18H,3,8,16H2,1-2H3. The molecule has 0 aliphatic carbocycles. The van der Waals surface area contributed by atoms with E-state index in [0.29, 0.717) is 5.02 Å². The zero-order chi connectivity index (χ0) is 14.5. The van der Waals surface area contributed by atoms with E-state index in [1.54, 1.807) is 13.3 Å². The molecule has 20 heavy (non-hydrogen) atoms. The molecule has 0 bridgehead atoms. The molecule has 1 heterocycles. The average molecular weight is 295 g/mol. The first kappa shape index (κ1) is 14.8. The largest absolute Gasteiger partial charge is 0.496 e. The van der Waals surface area contributed by atoms with Gasteiger partial charge in [-0.3, -0.25) is 10.5 Å². The summed E-state index contributed by atoms with van der Waals surface area (Å²) in [5.41, 5.74) is 4.59. The number of aromatic nitrogens is 2. The molecule has 0 fully saturated rings. The molecule has 5 nitrogen and oxygen atoms in total. The fourth-order valence-electron chi connectivity index (χ4n) is 2.27. The van der Waals surface area contributed by atoms with Crippen LogP contribution in [-0.2, 0) is 6.54 Å². The molecule has 0 spiro atoms. The maximum Gasteiger partial charge on any atom is 0.124 e. The number of aryl methyl sites for hydroxylation is 1. The van der Waals surface area contributed by atoms with E-state index in [-0.39, 0.29) is 6.04 Å². The summed E-state index contributed by atoms with van der Waals surface area (Å²) >= 11 is 6.28. The first-order chi connectivity index (χ1) is 9.72. The van der Waals surface area contributed by atoms with Crippen LogP contribution in [0.25, 0.3) is 0 Å². The third-order valence-electron chi connectivity index (χ3n) is 3.16. The van der Waals surface area contributed by atoms with Gasteiger partial charge in [-0.25, -0.2) is 5.43 Å². The van der Waals surface area contributed by atoms with Crippen LogP contribution in [0.15, 0.2) is 30.5 Å². The number of nitrogens with two attached hydrogens (primary N) is 1. The smallest absolute Gasteiger partial charge is 0.124 e. The number of nitrogens with zero attached hydrogens (tertiary/aromatic N) is 2. The number of para-hydroxylation sites is 1. The first-order valence-electron chi connectivity index (χ1n) is 6.53. The number of nitrogens with one attached hydrogen (secondary N) is 1. The van der Waals surface area contributed by atoms with E-state index in [1.807, 2.05) is 28.9 Å². The van der Waals surface area contributed by atoms with Gasteiger partial charge in [0.1, 0.15) is 5.75 Å². The van der Waals surface area contributed by atoms with Crippen molar-refractivity contribution < 1.29 is 4.74 Å². The Morgan fingerprint density at radius 1 is 1.45 bits per heavy atom. The molecule has 0 amide bonds. The topological polar surface area (TPSA) is 65.1 Å². The molecule has 0 saturated heterocycles. The fraction of sp³-hybridized carbons (Fsp3) is 0.357. The van der Waals surface area contributed by atoms with Gasteiger partial charge in [-0.1, -0.05) is 36.7 Å². The van der Waals surface area contributed by atoms with Crippen molar-refractivity contribution >= 4 is 11.6 Å². The molecule has 1 aromatic carbocycles. The van der Waals surface area contributed by atoms with Crippen LogP contribution >= 0.6 is 11.6 Å². The zero-order valence-electron chi connectivity index (χ0n) is 11.6. The van der Waals surface area contributed by atoms with Crippen LogP contribution in [-0.4, -0.2) is 16.9 Å². The van der Waals surface area contributed by atoms with Crippen molar-refractivity contribution in [3.63, 3.8) is 0 Å². The van der Waals surface area contributed by atoms with Crippen LogP contribution < -0.4 is 16.0 Å². The summed E-state index contributed by atoms with van der Waals surface area (Å²) in [6.07, 6.45) is 2.61. The van der Waals surface area contributed by atoms with Gasteiger partial charge in [-0.15, -0.1) is 0 Å². The van der Waals surface area contributed by atoms with Crippen LogP contribution in [0.2, 0.25) is 5.02 Å². The molecule has 0 radical (unpaired) electrons. The number of hydrogen-bond acceptors (Lipinski definition) is 4. The highest BCUT2D eigenvalue weighted by atomic mass is 35.5. The van der Waals surface area contributed by atoms with E-state index in [0.717, 1.165) is 30.0 Å². The third-order valence-corrected chi connectivity index (χ3v) is 3.45. The van der Waals surface area contributed by atoms with Gasteiger partial charge in [0.2, 0.25) is 0 Å². The van der Waals surface area contributed by atoms with Crippen molar-refractivity contribution in [1.29, 1.82) is 0 Å². The van der Waals surface area contributed by atoms with Gasteiger partial charge >= 0.3 is 0 Å². The van der Waals surface area contributed by atoms with E-state index < -0.39 is 0 Å². The van der Waals surface area contributed by atoms with Gasteiger partial charge in [0.15, 0.2) is 0 Å². The minimum absolute atomic E-state index is 0.271.